The number of carbonyl (C=O) groups excluding carboxylic acids is 1. The SMILES string of the molecule is COC(=O)c1nc(Br)c(-c2ccccc2)cc1O. The number of benzene rings is 1. The van der Waals surface area contributed by atoms with Gasteiger partial charge in [0.15, 0.2) is 5.69 Å². The molecule has 0 saturated carbocycles. The van der Waals surface area contributed by atoms with Crippen LogP contribution in [0.1, 0.15) is 10.5 Å². The van der Waals surface area contributed by atoms with Crippen molar-refractivity contribution in [1.29, 1.82) is 0 Å². The summed E-state index contributed by atoms with van der Waals surface area (Å²) < 4.78 is 5.01. The predicted octanol–water partition coefficient (Wildman–Crippen LogP) is 3.00. The van der Waals surface area contributed by atoms with Gasteiger partial charge in [0.05, 0.1) is 7.11 Å². The lowest BCUT2D eigenvalue weighted by atomic mass is 10.1. The van der Waals surface area contributed by atoms with Gasteiger partial charge in [-0.25, -0.2) is 9.78 Å². The van der Waals surface area contributed by atoms with Gasteiger partial charge in [-0.1, -0.05) is 30.3 Å². The van der Waals surface area contributed by atoms with E-state index in [9.17, 15) is 9.90 Å². The molecule has 0 aliphatic carbocycles. The van der Waals surface area contributed by atoms with Crippen LogP contribution in [0.15, 0.2) is 41.0 Å². The third-order valence-corrected chi connectivity index (χ3v) is 3.02. The Morgan fingerprint density at radius 2 is 2.00 bits per heavy atom. The molecule has 4 nitrogen and oxygen atoms in total. The lowest BCUT2D eigenvalue weighted by molar-refractivity contribution is 0.0590. The molecule has 0 fully saturated rings. The third kappa shape index (κ3) is 2.36. The number of pyridine rings is 1. The van der Waals surface area contributed by atoms with Gasteiger partial charge in [-0.3, -0.25) is 0 Å². The van der Waals surface area contributed by atoms with Crippen molar-refractivity contribution in [1.82, 2.24) is 4.98 Å². The number of esters is 1. The van der Waals surface area contributed by atoms with Crippen molar-refractivity contribution in [2.24, 2.45) is 0 Å². The Hall–Kier alpha value is -1.88. The van der Waals surface area contributed by atoms with Gasteiger partial charge >= 0.3 is 5.97 Å². The molecule has 0 bridgehead atoms. The maximum atomic E-state index is 11.4. The minimum atomic E-state index is -0.673. The molecule has 1 aromatic heterocycles. The number of rotatable bonds is 2. The van der Waals surface area contributed by atoms with Gasteiger partial charge in [0.25, 0.3) is 0 Å². The van der Waals surface area contributed by atoms with E-state index in [-0.39, 0.29) is 11.4 Å². The van der Waals surface area contributed by atoms with Crippen LogP contribution in [-0.2, 0) is 4.74 Å². The Balaban J connectivity index is 2.53. The maximum Gasteiger partial charge on any atom is 0.360 e. The highest BCUT2D eigenvalue weighted by molar-refractivity contribution is 9.10. The zero-order valence-electron chi connectivity index (χ0n) is 9.55. The van der Waals surface area contributed by atoms with Crippen molar-refractivity contribution in [3.05, 3.63) is 46.7 Å². The van der Waals surface area contributed by atoms with Gasteiger partial charge in [-0.2, -0.15) is 0 Å². The molecule has 2 rings (SSSR count). The fourth-order valence-corrected chi connectivity index (χ4v) is 2.07. The number of aromatic hydroxyl groups is 1. The van der Waals surface area contributed by atoms with E-state index in [0.717, 1.165) is 5.56 Å². The summed E-state index contributed by atoms with van der Waals surface area (Å²) in [5.74, 6) is -0.878. The molecule has 0 aliphatic heterocycles. The number of nitrogens with zero attached hydrogens (tertiary/aromatic N) is 1. The summed E-state index contributed by atoms with van der Waals surface area (Å²) in [5.41, 5.74) is 1.49. The Bertz CT molecular complexity index is 584. The van der Waals surface area contributed by atoms with Crippen LogP contribution in [0.3, 0.4) is 0 Å². The minimum absolute atomic E-state index is 0.107. The highest BCUT2D eigenvalue weighted by Crippen LogP contribution is 2.31. The molecular formula is C13H10BrNO3. The van der Waals surface area contributed by atoms with Crippen LogP contribution < -0.4 is 0 Å². The Labute approximate surface area is 112 Å². The molecule has 0 saturated heterocycles. The molecule has 5 heteroatoms. The van der Waals surface area contributed by atoms with Crippen LogP contribution in [0.5, 0.6) is 5.75 Å². The van der Waals surface area contributed by atoms with E-state index in [1.165, 1.54) is 13.2 Å². The van der Waals surface area contributed by atoms with Gasteiger partial charge in [-0.15, -0.1) is 0 Å². The van der Waals surface area contributed by atoms with E-state index in [0.29, 0.717) is 10.2 Å². The van der Waals surface area contributed by atoms with Gasteiger partial charge in [0.1, 0.15) is 10.4 Å². The second kappa shape index (κ2) is 5.18. The molecule has 0 aliphatic rings. The first-order valence-corrected chi connectivity index (χ1v) is 5.96. The number of aromatic nitrogens is 1. The van der Waals surface area contributed by atoms with Crippen LogP contribution in [0, 0.1) is 0 Å². The zero-order chi connectivity index (χ0) is 13.1. The normalized spacial score (nSPS) is 10.1. The number of halogens is 1. The summed E-state index contributed by atoms with van der Waals surface area (Å²) >= 11 is 3.29. The Morgan fingerprint density at radius 3 is 2.61 bits per heavy atom. The van der Waals surface area contributed by atoms with E-state index in [2.05, 4.69) is 25.7 Å². The lowest BCUT2D eigenvalue weighted by Crippen LogP contribution is -2.05. The molecule has 0 unspecified atom stereocenters. The van der Waals surface area contributed by atoms with Crippen molar-refractivity contribution in [3.63, 3.8) is 0 Å². The number of hydrogen-bond acceptors (Lipinski definition) is 4. The first-order chi connectivity index (χ1) is 8.63. The van der Waals surface area contributed by atoms with Crippen LogP contribution >= 0.6 is 15.9 Å². The molecule has 2 aromatic rings. The summed E-state index contributed by atoms with van der Waals surface area (Å²) in [6.45, 7) is 0. The fraction of sp³-hybridized carbons (Fsp3) is 0.0769. The van der Waals surface area contributed by atoms with Gasteiger partial charge in [0.2, 0.25) is 0 Å². The van der Waals surface area contributed by atoms with Crippen molar-refractivity contribution in [2.75, 3.05) is 7.11 Å². The maximum absolute atomic E-state index is 11.4. The molecule has 1 N–H and O–H groups in total. The first kappa shape index (κ1) is 12.6. The molecular weight excluding hydrogens is 298 g/mol. The monoisotopic (exact) mass is 307 g/mol. The fourth-order valence-electron chi connectivity index (χ4n) is 1.55. The molecule has 1 heterocycles. The van der Waals surface area contributed by atoms with Crippen LogP contribution in [-0.4, -0.2) is 23.2 Å². The second-order valence-corrected chi connectivity index (χ2v) is 4.30. The van der Waals surface area contributed by atoms with Crippen LogP contribution in [0.25, 0.3) is 11.1 Å². The van der Waals surface area contributed by atoms with Crippen LogP contribution in [0.2, 0.25) is 0 Å². The minimum Gasteiger partial charge on any atom is -0.505 e. The zero-order valence-corrected chi connectivity index (χ0v) is 11.1. The average Bonchev–Trinajstić information content (AvgIpc) is 2.41. The molecule has 18 heavy (non-hydrogen) atoms. The van der Waals surface area contributed by atoms with E-state index >= 15 is 0 Å². The number of methoxy groups -OCH3 is 1. The quantitative estimate of drug-likeness (QED) is 0.684. The molecule has 92 valence electrons. The van der Waals surface area contributed by atoms with E-state index in [1.807, 2.05) is 30.3 Å². The average molecular weight is 308 g/mol. The van der Waals surface area contributed by atoms with Crippen molar-refractivity contribution < 1.29 is 14.6 Å². The molecule has 1 aromatic carbocycles. The molecule has 0 radical (unpaired) electrons. The number of carbonyl (C=O) groups is 1. The van der Waals surface area contributed by atoms with E-state index < -0.39 is 5.97 Å². The smallest absolute Gasteiger partial charge is 0.360 e. The predicted molar refractivity (Wildman–Crippen MR) is 70.4 cm³/mol. The summed E-state index contributed by atoms with van der Waals surface area (Å²) in [7, 11) is 1.24. The largest absolute Gasteiger partial charge is 0.505 e. The van der Waals surface area contributed by atoms with Crippen molar-refractivity contribution in [3.8, 4) is 16.9 Å². The highest BCUT2D eigenvalue weighted by Gasteiger charge is 2.17. The Kier molecular flexibility index (Phi) is 3.62. The highest BCUT2D eigenvalue weighted by atomic mass is 79.9. The molecule has 0 spiro atoms. The second-order valence-electron chi connectivity index (χ2n) is 3.55. The lowest BCUT2D eigenvalue weighted by Gasteiger charge is -2.08. The summed E-state index contributed by atoms with van der Waals surface area (Å²) in [6, 6.07) is 10.9. The topological polar surface area (TPSA) is 59.4 Å². The van der Waals surface area contributed by atoms with Gasteiger partial charge < -0.3 is 9.84 Å². The summed E-state index contributed by atoms with van der Waals surface area (Å²) in [4.78, 5) is 15.4. The summed E-state index contributed by atoms with van der Waals surface area (Å²) in [6.07, 6.45) is 0. The van der Waals surface area contributed by atoms with Gasteiger partial charge in [-0.05, 0) is 27.6 Å². The molecule has 0 atom stereocenters. The van der Waals surface area contributed by atoms with Crippen LogP contribution in [0.4, 0.5) is 0 Å². The van der Waals surface area contributed by atoms with E-state index in [1.54, 1.807) is 0 Å². The standard InChI is InChI=1S/C13H10BrNO3/c1-18-13(17)11-10(16)7-9(12(14)15-11)8-5-3-2-4-6-8/h2-7,16H,1H3. The summed E-state index contributed by atoms with van der Waals surface area (Å²) in [5, 5.41) is 9.79. The first-order valence-electron chi connectivity index (χ1n) is 5.16. The van der Waals surface area contributed by atoms with E-state index in [4.69, 9.17) is 0 Å². The third-order valence-electron chi connectivity index (χ3n) is 2.42. The number of ether oxygens (including phenoxy) is 1. The number of hydrogen-bond donors (Lipinski definition) is 1. The van der Waals surface area contributed by atoms with Gasteiger partial charge in [0, 0.05) is 5.56 Å². The Morgan fingerprint density at radius 1 is 1.33 bits per heavy atom. The van der Waals surface area contributed by atoms with Crippen molar-refractivity contribution in [2.45, 2.75) is 0 Å². The van der Waals surface area contributed by atoms with Crippen molar-refractivity contribution >= 4 is 21.9 Å². The molecule has 0 amide bonds.